The second kappa shape index (κ2) is 7.91. The summed E-state index contributed by atoms with van der Waals surface area (Å²) < 4.78 is 5.46. The first kappa shape index (κ1) is 18.8. The van der Waals surface area contributed by atoms with Crippen molar-refractivity contribution in [3.05, 3.63) is 42.6 Å². The number of benzene rings is 1. The molecule has 8 nitrogen and oxygen atoms in total. The minimum Gasteiger partial charge on any atom is -0.482 e. The monoisotopic (exact) mass is 423 g/mol. The molecule has 0 N–H and O–H groups in total. The molecule has 4 heterocycles. The van der Waals surface area contributed by atoms with Crippen molar-refractivity contribution in [1.82, 2.24) is 14.9 Å². The Morgan fingerprint density at radius 3 is 2.77 bits per heavy atom. The Hall–Kier alpha value is -3.20. The molecule has 30 heavy (non-hydrogen) atoms. The van der Waals surface area contributed by atoms with Gasteiger partial charge in [0, 0.05) is 45.3 Å². The average molecular weight is 423 g/mol. The summed E-state index contributed by atoms with van der Waals surface area (Å²) in [6, 6.07) is 11.3. The number of rotatable bonds is 4. The largest absolute Gasteiger partial charge is 0.482 e. The minimum absolute atomic E-state index is 0.0148. The number of pyridine rings is 1. The summed E-state index contributed by atoms with van der Waals surface area (Å²) in [6.07, 6.45) is 2.07. The molecular weight excluding hydrogens is 402 g/mol. The van der Waals surface area contributed by atoms with Crippen LogP contribution in [0.3, 0.4) is 0 Å². The quantitative estimate of drug-likeness (QED) is 0.640. The van der Waals surface area contributed by atoms with E-state index in [-0.39, 0.29) is 18.4 Å². The van der Waals surface area contributed by atoms with Crippen molar-refractivity contribution in [3.63, 3.8) is 0 Å². The predicted octanol–water partition coefficient (Wildman–Crippen LogP) is 2.16. The Bertz CT molecular complexity index is 1060. The van der Waals surface area contributed by atoms with E-state index < -0.39 is 0 Å². The van der Waals surface area contributed by atoms with Gasteiger partial charge in [0.25, 0.3) is 5.91 Å². The summed E-state index contributed by atoms with van der Waals surface area (Å²) in [4.78, 5) is 40.7. The second-order valence-electron chi connectivity index (χ2n) is 7.24. The Balaban J connectivity index is 1.18. The van der Waals surface area contributed by atoms with Gasteiger partial charge in [-0.15, -0.1) is 0 Å². The normalized spacial score (nSPS) is 16.5. The molecule has 2 aliphatic rings. The fourth-order valence-electron chi connectivity index (χ4n) is 3.81. The van der Waals surface area contributed by atoms with Crippen LogP contribution in [-0.2, 0) is 9.59 Å². The zero-order valence-electron chi connectivity index (χ0n) is 16.4. The number of hydrogen-bond donors (Lipinski definition) is 0. The molecule has 5 rings (SSSR count). The van der Waals surface area contributed by atoms with E-state index in [4.69, 9.17) is 4.74 Å². The van der Waals surface area contributed by atoms with E-state index in [0.29, 0.717) is 31.8 Å². The van der Waals surface area contributed by atoms with Gasteiger partial charge in [0.1, 0.15) is 16.1 Å². The van der Waals surface area contributed by atoms with Crippen LogP contribution < -0.4 is 14.5 Å². The van der Waals surface area contributed by atoms with Gasteiger partial charge in [0.2, 0.25) is 5.91 Å². The number of carbonyl (C=O) groups excluding carboxylic acids is 2. The van der Waals surface area contributed by atoms with Crippen LogP contribution in [-0.4, -0.2) is 66.0 Å². The van der Waals surface area contributed by atoms with Gasteiger partial charge in [-0.1, -0.05) is 23.5 Å². The van der Waals surface area contributed by atoms with E-state index in [1.165, 1.54) is 0 Å². The van der Waals surface area contributed by atoms with Crippen LogP contribution >= 0.6 is 11.3 Å². The highest BCUT2D eigenvalue weighted by atomic mass is 32.1. The van der Waals surface area contributed by atoms with Crippen LogP contribution in [0.1, 0.15) is 6.42 Å². The maximum absolute atomic E-state index is 12.8. The molecule has 0 saturated carbocycles. The van der Waals surface area contributed by atoms with Crippen molar-refractivity contribution < 1.29 is 14.3 Å². The maximum atomic E-state index is 12.8. The number of ether oxygens (including phenoxy) is 1. The Morgan fingerprint density at radius 1 is 1.10 bits per heavy atom. The summed E-state index contributed by atoms with van der Waals surface area (Å²) in [5, 5.41) is 0.950. The number of anilines is 2. The third-order valence-corrected chi connectivity index (χ3v) is 6.46. The molecule has 0 radical (unpaired) electrons. The van der Waals surface area contributed by atoms with Crippen LogP contribution in [0.2, 0.25) is 0 Å². The van der Waals surface area contributed by atoms with Gasteiger partial charge >= 0.3 is 0 Å². The third kappa shape index (κ3) is 3.56. The Kier molecular flexibility index (Phi) is 4.96. The molecular formula is C21H21N5O3S. The molecule has 1 saturated heterocycles. The molecule has 0 bridgehead atoms. The van der Waals surface area contributed by atoms with Gasteiger partial charge in [-0.3, -0.25) is 9.59 Å². The third-order valence-electron chi connectivity index (χ3n) is 5.42. The first-order chi connectivity index (χ1) is 14.7. The summed E-state index contributed by atoms with van der Waals surface area (Å²) in [7, 11) is 0. The van der Waals surface area contributed by atoms with E-state index >= 15 is 0 Å². The molecule has 2 aliphatic heterocycles. The number of para-hydroxylation sites is 2. The lowest BCUT2D eigenvalue weighted by molar-refractivity contribution is -0.131. The van der Waals surface area contributed by atoms with Crippen LogP contribution in [0.4, 0.5) is 10.8 Å². The second-order valence-corrected chi connectivity index (χ2v) is 8.20. The highest BCUT2D eigenvalue weighted by Crippen LogP contribution is 2.31. The van der Waals surface area contributed by atoms with Gasteiger partial charge in [0.15, 0.2) is 11.7 Å². The number of piperazine rings is 1. The topological polar surface area (TPSA) is 78.9 Å². The molecule has 2 amide bonds. The lowest BCUT2D eigenvalue weighted by atomic mass is 10.2. The standard InChI is InChI=1S/C21H21N5O3S/c27-18(7-9-26-16-5-1-2-6-17(16)29-14-19(26)28)24-10-12-25(13-11-24)21-23-15-4-3-8-22-20(15)30-21/h1-6,8H,7,9-14H2. The molecule has 0 atom stereocenters. The smallest absolute Gasteiger partial charge is 0.265 e. The molecule has 9 heteroatoms. The van der Waals surface area contributed by atoms with Crippen molar-refractivity contribution in [2.45, 2.75) is 6.42 Å². The SMILES string of the molecule is O=C(CCN1C(=O)COc2ccccc21)N1CCN(c2nc3cccnc3s2)CC1. The maximum Gasteiger partial charge on any atom is 0.265 e. The average Bonchev–Trinajstić information content (AvgIpc) is 3.23. The number of nitrogens with zero attached hydrogens (tertiary/aromatic N) is 5. The van der Waals surface area contributed by atoms with Crippen molar-refractivity contribution in [1.29, 1.82) is 0 Å². The van der Waals surface area contributed by atoms with Crippen molar-refractivity contribution in [3.8, 4) is 5.75 Å². The number of aromatic nitrogens is 2. The Labute approximate surface area is 177 Å². The summed E-state index contributed by atoms with van der Waals surface area (Å²) >= 11 is 1.58. The number of fused-ring (bicyclic) bond motifs is 2. The number of thiazole rings is 1. The Morgan fingerprint density at radius 2 is 1.93 bits per heavy atom. The van der Waals surface area contributed by atoms with Gasteiger partial charge in [-0.05, 0) is 24.3 Å². The lowest BCUT2D eigenvalue weighted by Gasteiger charge is -2.35. The van der Waals surface area contributed by atoms with Crippen LogP contribution in [0, 0.1) is 0 Å². The number of amides is 2. The minimum atomic E-state index is -0.115. The number of carbonyl (C=O) groups is 2. The highest BCUT2D eigenvalue weighted by Gasteiger charge is 2.27. The van der Waals surface area contributed by atoms with Crippen LogP contribution in [0.15, 0.2) is 42.6 Å². The molecule has 2 aromatic heterocycles. The predicted molar refractivity (Wildman–Crippen MR) is 115 cm³/mol. The summed E-state index contributed by atoms with van der Waals surface area (Å²) in [5.41, 5.74) is 1.64. The summed E-state index contributed by atoms with van der Waals surface area (Å²) in [5.74, 6) is 0.636. The fraction of sp³-hybridized carbons (Fsp3) is 0.333. The first-order valence-electron chi connectivity index (χ1n) is 9.95. The molecule has 154 valence electrons. The van der Waals surface area contributed by atoms with E-state index in [1.54, 1.807) is 22.4 Å². The molecule has 0 unspecified atom stereocenters. The lowest BCUT2D eigenvalue weighted by Crippen LogP contribution is -2.49. The van der Waals surface area contributed by atoms with E-state index in [1.807, 2.05) is 41.3 Å². The van der Waals surface area contributed by atoms with Gasteiger partial charge in [-0.25, -0.2) is 9.97 Å². The molecule has 1 aromatic carbocycles. The van der Waals surface area contributed by atoms with Crippen molar-refractivity contribution >= 4 is 44.3 Å². The molecule has 3 aromatic rings. The van der Waals surface area contributed by atoms with Crippen molar-refractivity contribution in [2.75, 3.05) is 49.1 Å². The van der Waals surface area contributed by atoms with Crippen LogP contribution in [0.5, 0.6) is 5.75 Å². The highest BCUT2D eigenvalue weighted by molar-refractivity contribution is 7.21. The molecule has 0 aliphatic carbocycles. The first-order valence-corrected chi connectivity index (χ1v) is 10.8. The van der Waals surface area contributed by atoms with Gasteiger partial charge in [0.05, 0.1) is 5.69 Å². The zero-order valence-corrected chi connectivity index (χ0v) is 17.2. The zero-order chi connectivity index (χ0) is 20.5. The van der Waals surface area contributed by atoms with Gasteiger partial charge in [-0.2, -0.15) is 0 Å². The van der Waals surface area contributed by atoms with Crippen molar-refractivity contribution in [2.24, 2.45) is 0 Å². The van der Waals surface area contributed by atoms with E-state index in [9.17, 15) is 9.59 Å². The molecule has 0 spiro atoms. The molecule has 1 fully saturated rings. The van der Waals surface area contributed by atoms with E-state index in [0.717, 1.165) is 34.3 Å². The van der Waals surface area contributed by atoms with E-state index in [2.05, 4.69) is 14.9 Å². The van der Waals surface area contributed by atoms with Gasteiger partial charge < -0.3 is 19.4 Å². The summed E-state index contributed by atoms with van der Waals surface area (Å²) in [6.45, 7) is 3.16. The number of hydrogen-bond acceptors (Lipinski definition) is 7. The van der Waals surface area contributed by atoms with Crippen LogP contribution in [0.25, 0.3) is 10.3 Å². The fourth-order valence-corrected chi connectivity index (χ4v) is 4.77.